The lowest BCUT2D eigenvalue weighted by molar-refractivity contribution is -0.140. The van der Waals surface area contributed by atoms with E-state index in [1.165, 1.54) is 12.1 Å². The molecular weight excluding hydrogens is 605 g/mol. The molecule has 7 rings (SSSR count). The van der Waals surface area contributed by atoms with E-state index in [-0.39, 0.29) is 61.8 Å². The lowest BCUT2D eigenvalue weighted by Crippen LogP contribution is -2.43. The quantitative estimate of drug-likeness (QED) is 0.276. The fourth-order valence-electron chi connectivity index (χ4n) is 6.64. The summed E-state index contributed by atoms with van der Waals surface area (Å²) in [6, 6.07) is 5.12. The van der Waals surface area contributed by atoms with E-state index in [0.29, 0.717) is 32.5 Å². The van der Waals surface area contributed by atoms with Gasteiger partial charge < -0.3 is 20.5 Å². The van der Waals surface area contributed by atoms with Crippen LogP contribution in [0.25, 0.3) is 32.2 Å². The number of alkyl halides is 4. The average molecular weight is 632 g/mol. The van der Waals surface area contributed by atoms with Crippen LogP contribution in [0.3, 0.4) is 0 Å². The van der Waals surface area contributed by atoms with E-state index in [0.717, 1.165) is 36.8 Å². The number of nitrogens with zero attached hydrogens (tertiary/aromatic N) is 5. The molecule has 3 N–H and O–H groups in total. The number of fused-ring (bicyclic) bond motifs is 3. The summed E-state index contributed by atoms with van der Waals surface area (Å²) in [5.74, 6) is -0.890. The van der Waals surface area contributed by atoms with Gasteiger partial charge in [-0.2, -0.15) is 28.4 Å². The lowest BCUT2D eigenvalue weighted by Gasteiger charge is -2.30. The number of pyridine rings is 1. The van der Waals surface area contributed by atoms with Crippen molar-refractivity contribution in [3.8, 4) is 29.1 Å². The van der Waals surface area contributed by atoms with Gasteiger partial charge in [-0.3, -0.25) is 4.90 Å². The summed E-state index contributed by atoms with van der Waals surface area (Å²) in [5, 5.41) is 12.8. The molecule has 230 valence electrons. The zero-order valence-corrected chi connectivity index (χ0v) is 24.0. The third-order valence-electron chi connectivity index (χ3n) is 8.63. The molecule has 1 aromatic carbocycles. The van der Waals surface area contributed by atoms with Crippen LogP contribution < -0.4 is 20.5 Å². The first-order valence-electron chi connectivity index (χ1n) is 14.2. The van der Waals surface area contributed by atoms with Crippen LogP contribution in [0, 0.1) is 17.1 Å². The van der Waals surface area contributed by atoms with Crippen molar-refractivity contribution in [2.45, 2.75) is 49.7 Å². The zero-order valence-electron chi connectivity index (χ0n) is 23.2. The van der Waals surface area contributed by atoms with E-state index in [1.807, 2.05) is 6.07 Å². The molecule has 3 aromatic heterocycles. The topological polar surface area (TPSA) is 122 Å². The maximum Gasteiger partial charge on any atom is 0.433 e. The van der Waals surface area contributed by atoms with Crippen LogP contribution in [0.15, 0.2) is 18.2 Å². The van der Waals surface area contributed by atoms with Crippen molar-refractivity contribution in [3.63, 3.8) is 0 Å². The minimum atomic E-state index is -4.95. The van der Waals surface area contributed by atoms with Crippen LogP contribution in [-0.2, 0) is 6.18 Å². The molecule has 3 saturated heterocycles. The van der Waals surface area contributed by atoms with Gasteiger partial charge in [-0.15, -0.1) is 11.3 Å². The van der Waals surface area contributed by atoms with Crippen LogP contribution in [0.4, 0.5) is 27.0 Å². The molecule has 0 radical (unpaired) electrons. The zero-order chi connectivity index (χ0) is 30.8. The van der Waals surface area contributed by atoms with Gasteiger partial charge in [-0.1, -0.05) is 6.07 Å². The number of benzene rings is 1. The van der Waals surface area contributed by atoms with E-state index in [1.54, 1.807) is 0 Å². The molecule has 0 saturated carbocycles. The molecule has 6 heterocycles. The molecule has 0 aliphatic carbocycles. The van der Waals surface area contributed by atoms with Crippen LogP contribution >= 0.6 is 11.3 Å². The van der Waals surface area contributed by atoms with Gasteiger partial charge in [0, 0.05) is 30.5 Å². The molecule has 9 nitrogen and oxygen atoms in total. The normalized spacial score (nSPS) is 23.8. The fourth-order valence-corrected chi connectivity index (χ4v) is 7.59. The molecule has 0 spiro atoms. The lowest BCUT2D eigenvalue weighted by atomic mass is 9.95. The van der Waals surface area contributed by atoms with E-state index in [2.05, 4.69) is 25.2 Å². The number of nitriles is 1. The maximum atomic E-state index is 14.7. The molecule has 3 aliphatic heterocycles. The Hall–Kier alpha value is -3.87. The van der Waals surface area contributed by atoms with E-state index < -0.39 is 35.0 Å². The van der Waals surface area contributed by atoms with Crippen molar-refractivity contribution in [2.24, 2.45) is 0 Å². The smallest absolute Gasteiger partial charge is 0.433 e. The first kappa shape index (κ1) is 28.9. The number of anilines is 1. The predicted molar refractivity (Wildman–Crippen MR) is 153 cm³/mol. The number of nitrogens with two attached hydrogens (primary N) is 1. The summed E-state index contributed by atoms with van der Waals surface area (Å²) in [6.45, 7) is 2.30. The van der Waals surface area contributed by atoms with Gasteiger partial charge >= 0.3 is 12.2 Å². The Bertz CT molecular complexity index is 1820. The second kappa shape index (κ2) is 10.6. The molecule has 44 heavy (non-hydrogen) atoms. The predicted octanol–water partition coefficient (Wildman–Crippen LogP) is 5.21. The summed E-state index contributed by atoms with van der Waals surface area (Å²) >= 11 is 0.780. The Balaban J connectivity index is 1.40. The van der Waals surface area contributed by atoms with Crippen molar-refractivity contribution in [3.05, 3.63) is 35.3 Å². The Morgan fingerprint density at radius 1 is 1.23 bits per heavy atom. The number of hydrogen-bond acceptors (Lipinski definition) is 10. The van der Waals surface area contributed by atoms with Crippen LogP contribution in [0.2, 0.25) is 0 Å². The second-order valence-electron chi connectivity index (χ2n) is 11.4. The molecule has 15 heteroatoms. The number of aromatic nitrogens is 3. The first-order valence-corrected chi connectivity index (χ1v) is 15.0. The van der Waals surface area contributed by atoms with Gasteiger partial charge in [0.05, 0.1) is 15.8 Å². The van der Waals surface area contributed by atoms with Gasteiger partial charge in [0.15, 0.2) is 11.2 Å². The largest absolute Gasteiger partial charge is 0.471 e. The Morgan fingerprint density at radius 3 is 2.82 bits per heavy atom. The third-order valence-corrected chi connectivity index (χ3v) is 9.66. The summed E-state index contributed by atoms with van der Waals surface area (Å²) in [5.41, 5.74) is 3.31. The van der Waals surface area contributed by atoms with E-state index in [9.17, 15) is 27.2 Å². The molecular formula is C29H26F5N7O2S. The standard InChI is InChI=1S/C29H26F5N7O2S/c30-14-9-28(5-1-7-41(28)12-14)13-42-27-38-20-8-17(16-2-3-19(31)23-21(16)18(10-35)25(36)44-23)24(29(32,33)34)39-22(20)26(40-27)43-15-4-6-37-11-15/h2-3,8,14-15,37H,1,4-7,9,11-13,36H2. The fraction of sp³-hybridized carbons (Fsp3) is 0.448. The highest BCUT2D eigenvalue weighted by Crippen LogP contribution is 2.46. The van der Waals surface area contributed by atoms with Crippen molar-refractivity contribution >= 4 is 37.5 Å². The van der Waals surface area contributed by atoms with Crippen LogP contribution in [0.1, 0.15) is 36.9 Å². The minimum Gasteiger partial charge on any atom is -0.471 e. The van der Waals surface area contributed by atoms with Crippen LogP contribution in [-0.4, -0.2) is 70.5 Å². The molecule has 0 bridgehead atoms. The van der Waals surface area contributed by atoms with Crippen LogP contribution in [0.5, 0.6) is 11.9 Å². The van der Waals surface area contributed by atoms with Gasteiger partial charge in [0.2, 0.25) is 5.88 Å². The number of nitrogen functional groups attached to an aromatic ring is 1. The average Bonchev–Trinajstić information content (AvgIpc) is 3.75. The third kappa shape index (κ3) is 4.85. The summed E-state index contributed by atoms with van der Waals surface area (Å²) in [6.07, 6.45) is -3.74. The number of thiophene rings is 1. The highest BCUT2D eigenvalue weighted by atomic mass is 32.1. The monoisotopic (exact) mass is 631 g/mol. The molecule has 3 fully saturated rings. The molecule has 3 unspecified atom stereocenters. The number of rotatable bonds is 6. The summed E-state index contributed by atoms with van der Waals surface area (Å²) in [4.78, 5) is 14.8. The molecule has 0 amide bonds. The van der Waals surface area contributed by atoms with Crippen molar-refractivity contribution in [2.75, 3.05) is 38.5 Å². The van der Waals surface area contributed by atoms with Gasteiger partial charge in [-0.25, -0.2) is 13.8 Å². The molecule has 3 aliphatic rings. The Kier molecular flexibility index (Phi) is 6.98. The van der Waals surface area contributed by atoms with Gasteiger partial charge in [0.25, 0.3) is 0 Å². The number of ether oxygens (including phenoxy) is 2. The summed E-state index contributed by atoms with van der Waals surface area (Å²) < 4.78 is 85.0. The molecule has 3 atom stereocenters. The first-order chi connectivity index (χ1) is 21.1. The minimum absolute atomic E-state index is 0.00583. The number of hydrogen-bond donors (Lipinski definition) is 2. The SMILES string of the molecule is N#Cc1c(N)sc2c(F)ccc(-c3cc4nc(OCC56CCCN5CC(F)C6)nc(OC5CCNC5)c4nc3C(F)(F)F)c12. The van der Waals surface area contributed by atoms with Crippen molar-refractivity contribution < 1.29 is 31.4 Å². The van der Waals surface area contributed by atoms with E-state index in [4.69, 9.17) is 15.2 Å². The number of nitrogens with one attached hydrogen (secondary N) is 1. The summed E-state index contributed by atoms with van der Waals surface area (Å²) in [7, 11) is 0. The number of halogens is 5. The molecule has 4 aromatic rings. The highest BCUT2D eigenvalue weighted by Gasteiger charge is 2.49. The highest BCUT2D eigenvalue weighted by molar-refractivity contribution is 7.23. The van der Waals surface area contributed by atoms with Gasteiger partial charge in [-0.05, 0) is 50.0 Å². The van der Waals surface area contributed by atoms with Crippen molar-refractivity contribution in [1.29, 1.82) is 5.26 Å². The Morgan fingerprint density at radius 2 is 2.07 bits per heavy atom. The Labute approximate surface area is 251 Å². The maximum absolute atomic E-state index is 14.7. The van der Waals surface area contributed by atoms with Crippen molar-refractivity contribution in [1.82, 2.24) is 25.2 Å². The van der Waals surface area contributed by atoms with Gasteiger partial charge in [0.1, 0.15) is 41.3 Å². The second-order valence-corrected chi connectivity index (χ2v) is 12.5. The van der Waals surface area contributed by atoms with E-state index >= 15 is 0 Å².